The zero-order valence-electron chi connectivity index (χ0n) is 6.63. The molecule has 1 spiro atoms. The van der Waals surface area contributed by atoms with Crippen molar-refractivity contribution in [1.82, 2.24) is 0 Å². The monoisotopic (exact) mass is 168 g/mol. The summed E-state index contributed by atoms with van der Waals surface area (Å²) in [6.45, 7) is 0. The zero-order valence-corrected chi connectivity index (χ0v) is 6.63. The fourth-order valence-corrected chi connectivity index (χ4v) is 3.91. The molecule has 4 aliphatic rings. The van der Waals surface area contributed by atoms with Crippen molar-refractivity contribution >= 4 is 0 Å². The number of allylic oxidation sites excluding steroid dienone is 2. The minimum atomic E-state index is -2.30. The molecular formula is C10H10F2. The fraction of sp³-hybridized carbons (Fsp3) is 0.800. The standard InChI is InChI=1S/C10H10F2/c11-10(12)7-5-1-2-6(8(7)10)9(5)3-4-9/h1-2,5-8H,3-4H2/t5-,6+,7-,8+. The normalized spacial score (nSPS) is 59.2. The number of rotatable bonds is 0. The maximum Gasteiger partial charge on any atom is 0.255 e. The maximum atomic E-state index is 13.1. The number of hydrogen-bond acceptors (Lipinski definition) is 0. The Kier molecular flexibility index (Phi) is 0.653. The highest BCUT2D eigenvalue weighted by atomic mass is 19.3. The van der Waals surface area contributed by atoms with Gasteiger partial charge in [0.25, 0.3) is 5.92 Å². The molecule has 3 fully saturated rings. The molecule has 0 aromatic rings. The SMILES string of the molecule is FC1(F)[C@@H]2[C@H]1[C@H]1C=C[C@@H]2C12CC2. The average Bonchev–Trinajstić information content (AvgIpc) is 2.81. The highest BCUT2D eigenvalue weighted by Gasteiger charge is 2.85. The lowest BCUT2D eigenvalue weighted by atomic mass is 9.86. The van der Waals surface area contributed by atoms with Crippen LogP contribution in [0.1, 0.15) is 12.8 Å². The summed E-state index contributed by atoms with van der Waals surface area (Å²) in [5, 5.41) is 0. The lowest BCUT2D eigenvalue weighted by Crippen LogP contribution is -2.20. The van der Waals surface area contributed by atoms with Gasteiger partial charge in [-0.15, -0.1) is 0 Å². The van der Waals surface area contributed by atoms with Gasteiger partial charge in [-0.25, -0.2) is 8.78 Å². The van der Waals surface area contributed by atoms with Gasteiger partial charge >= 0.3 is 0 Å². The first-order chi connectivity index (χ1) is 5.68. The predicted molar refractivity (Wildman–Crippen MR) is 39.7 cm³/mol. The number of halogens is 2. The molecule has 64 valence electrons. The Balaban J connectivity index is 1.85. The van der Waals surface area contributed by atoms with E-state index in [1.54, 1.807) is 0 Å². The molecule has 3 saturated carbocycles. The Hall–Kier alpha value is -0.400. The molecule has 0 amide bonds. The van der Waals surface area contributed by atoms with Gasteiger partial charge < -0.3 is 0 Å². The lowest BCUT2D eigenvalue weighted by molar-refractivity contribution is 0.0412. The van der Waals surface area contributed by atoms with E-state index >= 15 is 0 Å². The van der Waals surface area contributed by atoms with Gasteiger partial charge in [0.2, 0.25) is 0 Å². The summed E-state index contributed by atoms with van der Waals surface area (Å²) >= 11 is 0. The van der Waals surface area contributed by atoms with Crippen molar-refractivity contribution in [2.45, 2.75) is 18.8 Å². The van der Waals surface area contributed by atoms with E-state index in [-0.39, 0.29) is 23.7 Å². The van der Waals surface area contributed by atoms with Crippen molar-refractivity contribution in [1.29, 1.82) is 0 Å². The fourth-order valence-electron chi connectivity index (χ4n) is 3.91. The van der Waals surface area contributed by atoms with Gasteiger partial charge in [0.1, 0.15) is 0 Å². The molecule has 0 aliphatic heterocycles. The molecule has 2 heteroatoms. The number of fused-ring (bicyclic) bond motifs is 3. The van der Waals surface area contributed by atoms with Gasteiger partial charge in [-0.1, -0.05) is 12.2 Å². The van der Waals surface area contributed by atoms with Crippen molar-refractivity contribution in [3.8, 4) is 0 Å². The first-order valence-electron chi connectivity index (χ1n) is 4.74. The third-order valence-electron chi connectivity index (χ3n) is 4.62. The highest BCUT2D eigenvalue weighted by Crippen LogP contribution is 2.83. The van der Waals surface area contributed by atoms with Crippen LogP contribution in [0.25, 0.3) is 0 Å². The first kappa shape index (κ1) is 6.11. The lowest BCUT2D eigenvalue weighted by Gasteiger charge is -2.20. The van der Waals surface area contributed by atoms with Crippen LogP contribution in [0.15, 0.2) is 12.2 Å². The Morgan fingerprint density at radius 1 is 1.00 bits per heavy atom. The second kappa shape index (κ2) is 1.28. The van der Waals surface area contributed by atoms with Crippen molar-refractivity contribution in [2.75, 3.05) is 0 Å². The van der Waals surface area contributed by atoms with E-state index in [1.165, 1.54) is 12.8 Å². The van der Waals surface area contributed by atoms with E-state index in [0.717, 1.165) is 0 Å². The van der Waals surface area contributed by atoms with Gasteiger partial charge in [-0.3, -0.25) is 0 Å². The summed E-state index contributed by atoms with van der Waals surface area (Å²) in [4.78, 5) is 0. The van der Waals surface area contributed by atoms with Crippen LogP contribution in [-0.4, -0.2) is 5.92 Å². The molecule has 2 bridgehead atoms. The topological polar surface area (TPSA) is 0 Å². The Bertz CT molecular complexity index is 277. The minimum absolute atomic E-state index is 0.252. The molecule has 0 aromatic heterocycles. The van der Waals surface area contributed by atoms with Crippen molar-refractivity contribution < 1.29 is 8.78 Å². The van der Waals surface area contributed by atoms with Crippen LogP contribution in [0.4, 0.5) is 8.78 Å². The predicted octanol–water partition coefficient (Wildman–Crippen LogP) is 2.46. The van der Waals surface area contributed by atoms with E-state index in [0.29, 0.717) is 5.41 Å². The van der Waals surface area contributed by atoms with E-state index in [1.807, 2.05) is 0 Å². The number of alkyl halides is 2. The third kappa shape index (κ3) is 0.374. The van der Waals surface area contributed by atoms with Crippen molar-refractivity contribution in [2.24, 2.45) is 29.1 Å². The maximum absolute atomic E-state index is 13.1. The average molecular weight is 168 g/mol. The van der Waals surface area contributed by atoms with E-state index < -0.39 is 5.92 Å². The van der Waals surface area contributed by atoms with E-state index in [4.69, 9.17) is 0 Å². The van der Waals surface area contributed by atoms with E-state index in [9.17, 15) is 8.78 Å². The largest absolute Gasteiger partial charge is 0.255 e. The minimum Gasteiger partial charge on any atom is -0.206 e. The van der Waals surface area contributed by atoms with Gasteiger partial charge in [0, 0.05) is 11.8 Å². The molecule has 12 heavy (non-hydrogen) atoms. The van der Waals surface area contributed by atoms with Gasteiger partial charge in [-0.2, -0.15) is 0 Å². The van der Waals surface area contributed by atoms with Crippen LogP contribution in [0, 0.1) is 29.1 Å². The highest BCUT2D eigenvalue weighted by molar-refractivity contribution is 5.37. The summed E-state index contributed by atoms with van der Waals surface area (Å²) in [7, 11) is 0. The smallest absolute Gasteiger partial charge is 0.206 e. The van der Waals surface area contributed by atoms with Crippen LogP contribution >= 0.6 is 0 Å². The first-order valence-corrected chi connectivity index (χ1v) is 4.74. The second-order valence-corrected chi connectivity index (χ2v) is 4.90. The molecular weight excluding hydrogens is 158 g/mol. The molecule has 4 atom stereocenters. The number of hydrogen-bond donors (Lipinski definition) is 0. The van der Waals surface area contributed by atoms with Crippen LogP contribution in [0.2, 0.25) is 0 Å². The summed E-state index contributed by atoms with van der Waals surface area (Å²) in [5.41, 5.74) is 0.358. The Morgan fingerprint density at radius 2 is 1.50 bits per heavy atom. The summed E-state index contributed by atoms with van der Waals surface area (Å²) in [6, 6.07) is 0. The second-order valence-electron chi connectivity index (χ2n) is 4.90. The van der Waals surface area contributed by atoms with Crippen LogP contribution in [0.3, 0.4) is 0 Å². The zero-order chi connectivity index (χ0) is 8.14. The van der Waals surface area contributed by atoms with Gasteiger partial charge in [0.15, 0.2) is 0 Å². The molecule has 0 unspecified atom stereocenters. The van der Waals surface area contributed by atoms with Crippen molar-refractivity contribution in [3.05, 3.63) is 12.2 Å². The molecule has 0 aromatic carbocycles. The Labute approximate surface area is 69.6 Å². The molecule has 0 saturated heterocycles. The Morgan fingerprint density at radius 3 is 1.92 bits per heavy atom. The third-order valence-corrected chi connectivity index (χ3v) is 4.62. The molecule has 0 radical (unpaired) electrons. The molecule has 0 N–H and O–H groups in total. The molecule has 4 aliphatic carbocycles. The van der Waals surface area contributed by atoms with E-state index in [2.05, 4.69) is 12.2 Å². The van der Waals surface area contributed by atoms with Crippen LogP contribution in [0.5, 0.6) is 0 Å². The quantitative estimate of drug-likeness (QED) is 0.487. The van der Waals surface area contributed by atoms with Crippen LogP contribution < -0.4 is 0 Å². The summed E-state index contributed by atoms with van der Waals surface area (Å²) < 4.78 is 26.2. The van der Waals surface area contributed by atoms with Gasteiger partial charge in [0.05, 0.1) is 0 Å². The molecule has 0 nitrogen and oxygen atoms in total. The molecule has 4 rings (SSSR count). The summed E-state index contributed by atoms with van der Waals surface area (Å²) in [5.74, 6) is -2.30. The molecule has 0 heterocycles. The van der Waals surface area contributed by atoms with Crippen LogP contribution in [-0.2, 0) is 0 Å². The van der Waals surface area contributed by atoms with Crippen molar-refractivity contribution in [3.63, 3.8) is 0 Å². The van der Waals surface area contributed by atoms with Gasteiger partial charge in [-0.05, 0) is 30.1 Å². The summed E-state index contributed by atoms with van der Waals surface area (Å²) in [6.07, 6.45) is 6.55.